The van der Waals surface area contributed by atoms with Crippen molar-refractivity contribution in [2.24, 2.45) is 11.8 Å². The molecule has 2 fully saturated rings. The summed E-state index contributed by atoms with van der Waals surface area (Å²) in [5.41, 5.74) is 2.25. The maximum Gasteiger partial charge on any atom is 0.123 e. The molecule has 0 saturated carbocycles. The summed E-state index contributed by atoms with van der Waals surface area (Å²) >= 11 is 0. The number of hydrogen-bond acceptors (Lipinski definition) is 4. The minimum absolute atomic E-state index is 0.157. The molecular weight excluding hydrogens is 312 g/mol. The molecule has 0 amide bonds. The fraction of sp³-hybridized carbons (Fsp3) is 0.619. The molecule has 0 aromatic heterocycles. The van der Waals surface area contributed by atoms with Crippen molar-refractivity contribution in [1.29, 1.82) is 0 Å². The molecule has 1 aromatic carbocycles. The second kappa shape index (κ2) is 7.10. The Bertz CT molecular complexity index is 630. The number of fused-ring (bicyclic) bond motifs is 1. The van der Waals surface area contributed by atoms with Gasteiger partial charge in [0.05, 0.1) is 12.7 Å². The van der Waals surface area contributed by atoms with Crippen LogP contribution in [0.3, 0.4) is 0 Å². The molecule has 2 heterocycles. The van der Waals surface area contributed by atoms with Crippen molar-refractivity contribution in [3.63, 3.8) is 0 Å². The summed E-state index contributed by atoms with van der Waals surface area (Å²) in [6.07, 6.45) is 2.89. The van der Waals surface area contributed by atoms with E-state index in [0.29, 0.717) is 11.8 Å². The molecule has 3 rings (SSSR count). The average Bonchev–Trinajstić information content (AvgIpc) is 3.07. The van der Waals surface area contributed by atoms with Gasteiger partial charge in [-0.15, -0.1) is 6.58 Å². The summed E-state index contributed by atoms with van der Waals surface area (Å²) in [6.45, 7) is 12.4. The van der Waals surface area contributed by atoms with Crippen LogP contribution in [0.25, 0.3) is 0 Å². The van der Waals surface area contributed by atoms with Crippen LogP contribution in [-0.2, 0) is 6.42 Å². The second-order valence-electron chi connectivity index (χ2n) is 8.22. The lowest BCUT2D eigenvalue weighted by molar-refractivity contribution is 0.145. The van der Waals surface area contributed by atoms with Crippen LogP contribution in [-0.4, -0.2) is 48.4 Å². The Morgan fingerprint density at radius 1 is 1.44 bits per heavy atom. The van der Waals surface area contributed by atoms with Gasteiger partial charge in [0.25, 0.3) is 0 Å². The summed E-state index contributed by atoms with van der Waals surface area (Å²) in [6, 6.07) is 6.80. The maximum absolute atomic E-state index is 9.99. The highest BCUT2D eigenvalue weighted by molar-refractivity contribution is 5.41. The van der Waals surface area contributed by atoms with E-state index in [2.05, 4.69) is 62.8 Å². The fourth-order valence-corrected chi connectivity index (χ4v) is 4.58. The molecule has 2 aliphatic heterocycles. The van der Waals surface area contributed by atoms with Gasteiger partial charge in [-0.3, -0.25) is 0 Å². The van der Waals surface area contributed by atoms with E-state index in [9.17, 15) is 5.11 Å². The van der Waals surface area contributed by atoms with Crippen molar-refractivity contribution >= 4 is 0 Å². The van der Waals surface area contributed by atoms with Crippen LogP contribution in [0.4, 0.5) is 0 Å². The van der Waals surface area contributed by atoms with E-state index < -0.39 is 0 Å². The third kappa shape index (κ3) is 3.48. The van der Waals surface area contributed by atoms with Gasteiger partial charge in [-0.2, -0.15) is 0 Å². The van der Waals surface area contributed by atoms with Crippen molar-refractivity contribution in [2.75, 3.05) is 26.7 Å². The van der Waals surface area contributed by atoms with Crippen molar-refractivity contribution < 1.29 is 9.84 Å². The molecule has 2 N–H and O–H groups in total. The molecule has 0 radical (unpaired) electrons. The number of likely N-dealkylation sites (tertiary alicyclic amines) is 1. The number of aliphatic hydroxyl groups is 1. The lowest BCUT2D eigenvalue weighted by Crippen LogP contribution is -2.47. The normalized spacial score (nSPS) is 32.2. The van der Waals surface area contributed by atoms with Crippen LogP contribution in [0.2, 0.25) is 0 Å². The van der Waals surface area contributed by atoms with Crippen LogP contribution >= 0.6 is 0 Å². The van der Waals surface area contributed by atoms with E-state index >= 15 is 0 Å². The zero-order valence-corrected chi connectivity index (χ0v) is 16.0. The van der Waals surface area contributed by atoms with Gasteiger partial charge >= 0.3 is 0 Å². The van der Waals surface area contributed by atoms with Gasteiger partial charge in [-0.25, -0.2) is 0 Å². The number of nitrogens with zero attached hydrogens (tertiary/aromatic N) is 1. The average molecular weight is 344 g/mol. The molecule has 2 aliphatic rings. The van der Waals surface area contributed by atoms with Crippen LogP contribution in [0.1, 0.15) is 37.9 Å². The smallest absolute Gasteiger partial charge is 0.123 e. The number of ether oxygens (including phenoxy) is 1. The van der Waals surface area contributed by atoms with Gasteiger partial charge in [0, 0.05) is 24.7 Å². The Kier molecular flexibility index (Phi) is 5.24. The molecule has 25 heavy (non-hydrogen) atoms. The molecule has 0 spiro atoms. The van der Waals surface area contributed by atoms with E-state index in [1.807, 2.05) is 6.08 Å². The van der Waals surface area contributed by atoms with E-state index in [0.717, 1.165) is 25.3 Å². The molecule has 1 aromatic rings. The first kappa shape index (κ1) is 18.4. The quantitative estimate of drug-likeness (QED) is 0.779. The van der Waals surface area contributed by atoms with Gasteiger partial charge in [0.15, 0.2) is 0 Å². The number of aliphatic hydroxyl groups excluding tert-OH is 1. The zero-order valence-electron chi connectivity index (χ0n) is 16.0. The van der Waals surface area contributed by atoms with Crippen molar-refractivity contribution in [1.82, 2.24) is 10.2 Å². The SMILES string of the molecule is C=CCc1cc([C@H]2N[C@@](C)(CO)[C@H]3CN(C)C[C@@H]23)ccc1OC(C)C. The van der Waals surface area contributed by atoms with Crippen molar-refractivity contribution in [3.05, 3.63) is 42.0 Å². The van der Waals surface area contributed by atoms with Gasteiger partial charge < -0.3 is 20.1 Å². The molecular formula is C21H32N2O2. The highest BCUT2D eigenvalue weighted by Gasteiger charge is 2.53. The van der Waals surface area contributed by atoms with Gasteiger partial charge in [0.2, 0.25) is 0 Å². The molecule has 4 nitrogen and oxygen atoms in total. The predicted octanol–water partition coefficient (Wildman–Crippen LogP) is 2.78. The summed E-state index contributed by atoms with van der Waals surface area (Å²) in [7, 11) is 2.18. The van der Waals surface area contributed by atoms with Crippen LogP contribution < -0.4 is 10.1 Å². The number of allylic oxidation sites excluding steroid dienone is 1. The Balaban J connectivity index is 1.93. The van der Waals surface area contributed by atoms with E-state index in [1.54, 1.807) is 0 Å². The largest absolute Gasteiger partial charge is 0.491 e. The summed E-state index contributed by atoms with van der Waals surface area (Å²) < 4.78 is 5.96. The molecule has 0 aliphatic carbocycles. The Labute approximate surface area is 151 Å². The van der Waals surface area contributed by atoms with Crippen LogP contribution in [0, 0.1) is 11.8 Å². The third-order valence-electron chi connectivity index (χ3n) is 5.78. The number of hydrogen-bond donors (Lipinski definition) is 2. The zero-order chi connectivity index (χ0) is 18.2. The summed E-state index contributed by atoms with van der Waals surface area (Å²) in [4.78, 5) is 2.39. The minimum atomic E-state index is -0.216. The third-order valence-corrected chi connectivity index (χ3v) is 5.78. The van der Waals surface area contributed by atoms with Crippen LogP contribution in [0.15, 0.2) is 30.9 Å². The van der Waals surface area contributed by atoms with Crippen molar-refractivity contribution in [3.8, 4) is 5.75 Å². The van der Waals surface area contributed by atoms with Crippen molar-refractivity contribution in [2.45, 2.75) is 44.9 Å². The first-order valence-electron chi connectivity index (χ1n) is 9.35. The monoisotopic (exact) mass is 344 g/mol. The molecule has 4 heteroatoms. The Morgan fingerprint density at radius 2 is 2.20 bits per heavy atom. The van der Waals surface area contributed by atoms with Gasteiger partial charge in [0.1, 0.15) is 5.75 Å². The van der Waals surface area contributed by atoms with E-state index in [4.69, 9.17) is 4.74 Å². The van der Waals surface area contributed by atoms with E-state index in [1.165, 1.54) is 11.1 Å². The maximum atomic E-state index is 9.99. The number of benzene rings is 1. The highest BCUT2D eigenvalue weighted by Crippen LogP contribution is 2.47. The molecule has 4 atom stereocenters. The Morgan fingerprint density at radius 3 is 2.84 bits per heavy atom. The minimum Gasteiger partial charge on any atom is -0.491 e. The molecule has 2 saturated heterocycles. The van der Waals surface area contributed by atoms with E-state index in [-0.39, 0.29) is 24.3 Å². The highest BCUT2D eigenvalue weighted by atomic mass is 16.5. The molecule has 0 unspecified atom stereocenters. The van der Waals surface area contributed by atoms with Gasteiger partial charge in [-0.1, -0.05) is 18.2 Å². The lowest BCUT2D eigenvalue weighted by Gasteiger charge is -2.30. The number of nitrogens with one attached hydrogen (secondary N) is 1. The predicted molar refractivity (Wildman–Crippen MR) is 102 cm³/mol. The lowest BCUT2D eigenvalue weighted by atomic mass is 9.81. The molecule has 138 valence electrons. The Hall–Kier alpha value is -1.36. The first-order chi connectivity index (χ1) is 11.9. The van der Waals surface area contributed by atoms with Gasteiger partial charge in [-0.05, 0) is 63.3 Å². The first-order valence-corrected chi connectivity index (χ1v) is 9.35. The molecule has 0 bridgehead atoms. The fourth-order valence-electron chi connectivity index (χ4n) is 4.58. The number of rotatable bonds is 6. The summed E-state index contributed by atoms with van der Waals surface area (Å²) in [5, 5.41) is 13.7. The summed E-state index contributed by atoms with van der Waals surface area (Å²) in [5.74, 6) is 1.94. The standard InChI is InChI=1S/C21H32N2O2/c1-6-7-15-10-16(8-9-19(15)25-14(2)3)20-17-11-23(5)12-18(17)21(4,13-24)22-20/h6,8-10,14,17-18,20,22,24H,1,7,11-13H2,2-5H3/t17-,18+,20-,21+/m1/s1. The van der Waals surface area contributed by atoms with Crippen LogP contribution in [0.5, 0.6) is 5.75 Å². The second-order valence-corrected chi connectivity index (χ2v) is 8.22. The topological polar surface area (TPSA) is 44.7 Å².